The van der Waals surface area contributed by atoms with E-state index < -0.39 is 0 Å². The van der Waals surface area contributed by atoms with Gasteiger partial charge in [0, 0.05) is 5.39 Å². The normalized spacial score (nSPS) is 10.2. The molecule has 0 amide bonds. The number of aromatic nitrogens is 2. The van der Waals surface area contributed by atoms with Gasteiger partial charge in [-0.15, -0.1) is 0 Å². The third kappa shape index (κ3) is 0.579. The van der Waals surface area contributed by atoms with Crippen LogP contribution in [0.4, 0.5) is 0 Å². The van der Waals surface area contributed by atoms with Crippen molar-refractivity contribution in [3.05, 3.63) is 24.7 Å². The lowest BCUT2D eigenvalue weighted by Crippen LogP contribution is -1.73. The van der Waals surface area contributed by atoms with E-state index in [1.54, 1.807) is 18.7 Å². The first kappa shape index (κ1) is 4.49. The fourth-order valence-electron chi connectivity index (χ4n) is 0.724. The highest BCUT2D eigenvalue weighted by Crippen LogP contribution is 2.09. The summed E-state index contributed by atoms with van der Waals surface area (Å²) in [6.07, 6.45) is 4.88. The molecule has 2 aromatic rings. The molecule has 0 aliphatic carbocycles. The van der Waals surface area contributed by atoms with Gasteiger partial charge in [-0.05, 0) is 6.07 Å². The second kappa shape index (κ2) is 1.55. The first-order chi connectivity index (χ1) is 4.47. The third-order valence-electron chi connectivity index (χ3n) is 1.17. The zero-order valence-corrected chi connectivity index (χ0v) is 4.61. The van der Waals surface area contributed by atoms with Crippen molar-refractivity contribution in [2.45, 2.75) is 0 Å². The fourth-order valence-corrected chi connectivity index (χ4v) is 0.724. The van der Waals surface area contributed by atoms with Crippen molar-refractivity contribution in [2.24, 2.45) is 0 Å². The Balaban J connectivity index is 2.95. The summed E-state index contributed by atoms with van der Waals surface area (Å²) >= 11 is 0. The number of nitrogens with zero attached hydrogens (tertiary/aromatic N) is 2. The van der Waals surface area contributed by atoms with Crippen LogP contribution in [0.5, 0.6) is 0 Å². The second-order valence-corrected chi connectivity index (χ2v) is 1.73. The predicted molar refractivity (Wildman–Crippen MR) is 31.8 cm³/mol. The van der Waals surface area contributed by atoms with Gasteiger partial charge in [-0.25, -0.2) is 0 Å². The van der Waals surface area contributed by atoms with Crippen LogP contribution in [-0.2, 0) is 0 Å². The van der Waals surface area contributed by atoms with E-state index in [2.05, 4.69) is 10.2 Å². The van der Waals surface area contributed by atoms with Crippen LogP contribution in [0.15, 0.2) is 29.1 Å². The van der Waals surface area contributed by atoms with E-state index in [1.807, 2.05) is 6.07 Å². The molecule has 0 N–H and O–H groups in total. The van der Waals surface area contributed by atoms with E-state index in [0.29, 0.717) is 0 Å². The van der Waals surface area contributed by atoms with E-state index in [0.717, 1.165) is 11.0 Å². The zero-order chi connectivity index (χ0) is 6.10. The van der Waals surface area contributed by atoms with Crippen LogP contribution in [-0.4, -0.2) is 10.2 Å². The number of furan rings is 1. The first-order valence-electron chi connectivity index (χ1n) is 2.61. The Morgan fingerprint density at radius 3 is 3.00 bits per heavy atom. The lowest BCUT2D eigenvalue weighted by molar-refractivity contribution is 0.613. The van der Waals surface area contributed by atoms with Crippen molar-refractivity contribution >= 4 is 11.0 Å². The standard InChI is InChI=1S/C6H4N2O/c1-2-9-6-4-8-7-3-5(1)6/h1-4H. The average Bonchev–Trinajstić information content (AvgIpc) is 2.33. The third-order valence-corrected chi connectivity index (χ3v) is 1.17. The van der Waals surface area contributed by atoms with Crippen LogP contribution in [0.2, 0.25) is 0 Å². The van der Waals surface area contributed by atoms with Crippen molar-refractivity contribution < 1.29 is 4.42 Å². The van der Waals surface area contributed by atoms with Crippen LogP contribution >= 0.6 is 0 Å². The summed E-state index contributed by atoms with van der Waals surface area (Å²) in [7, 11) is 0. The lowest BCUT2D eigenvalue weighted by atomic mass is 10.4. The van der Waals surface area contributed by atoms with Crippen LogP contribution in [0.1, 0.15) is 0 Å². The van der Waals surface area contributed by atoms with Crippen LogP contribution in [0.25, 0.3) is 11.0 Å². The molecule has 0 bridgehead atoms. The Labute approximate surface area is 51.3 Å². The lowest BCUT2D eigenvalue weighted by Gasteiger charge is -1.79. The molecular formula is C6H4N2O. The van der Waals surface area contributed by atoms with E-state index >= 15 is 0 Å². The van der Waals surface area contributed by atoms with Gasteiger partial charge in [-0.2, -0.15) is 10.2 Å². The second-order valence-electron chi connectivity index (χ2n) is 1.73. The van der Waals surface area contributed by atoms with Gasteiger partial charge in [0.25, 0.3) is 0 Å². The minimum Gasteiger partial charge on any atom is -0.463 e. The molecule has 9 heavy (non-hydrogen) atoms. The minimum atomic E-state index is 0.782. The maximum atomic E-state index is 5.02. The highest BCUT2D eigenvalue weighted by Gasteiger charge is 1.91. The Morgan fingerprint density at radius 2 is 2.11 bits per heavy atom. The van der Waals surface area contributed by atoms with Gasteiger partial charge in [0.05, 0.1) is 18.7 Å². The first-order valence-corrected chi connectivity index (χ1v) is 2.61. The van der Waals surface area contributed by atoms with Crippen molar-refractivity contribution in [3.8, 4) is 0 Å². The molecule has 44 valence electrons. The summed E-state index contributed by atoms with van der Waals surface area (Å²) in [5, 5.41) is 8.31. The molecule has 3 nitrogen and oxygen atoms in total. The smallest absolute Gasteiger partial charge is 0.155 e. The van der Waals surface area contributed by atoms with Gasteiger partial charge in [-0.3, -0.25) is 0 Å². The van der Waals surface area contributed by atoms with Gasteiger partial charge in [0.1, 0.15) is 0 Å². The van der Waals surface area contributed by atoms with Crippen molar-refractivity contribution in [3.63, 3.8) is 0 Å². The summed E-state index contributed by atoms with van der Waals surface area (Å²) in [4.78, 5) is 0. The summed E-state index contributed by atoms with van der Waals surface area (Å²) in [5.74, 6) is 0. The van der Waals surface area contributed by atoms with Crippen LogP contribution in [0, 0.1) is 0 Å². The minimum absolute atomic E-state index is 0.782. The van der Waals surface area contributed by atoms with Crippen molar-refractivity contribution in [2.75, 3.05) is 0 Å². The Hall–Kier alpha value is -1.38. The van der Waals surface area contributed by atoms with Gasteiger partial charge in [-0.1, -0.05) is 0 Å². The SMILES string of the molecule is c1cc2cnncc2o1. The van der Waals surface area contributed by atoms with E-state index in [-0.39, 0.29) is 0 Å². The van der Waals surface area contributed by atoms with Gasteiger partial charge in [0.2, 0.25) is 0 Å². The molecule has 3 heteroatoms. The van der Waals surface area contributed by atoms with E-state index in [4.69, 9.17) is 4.42 Å². The topological polar surface area (TPSA) is 38.9 Å². The molecule has 0 aromatic carbocycles. The highest BCUT2D eigenvalue weighted by atomic mass is 16.3. The summed E-state index contributed by atoms with van der Waals surface area (Å²) < 4.78 is 5.02. The Kier molecular flexibility index (Phi) is 0.773. The molecule has 0 fully saturated rings. The molecule has 0 saturated carbocycles. The van der Waals surface area contributed by atoms with Crippen molar-refractivity contribution in [1.82, 2.24) is 10.2 Å². The molecule has 0 saturated heterocycles. The summed E-state index contributed by atoms with van der Waals surface area (Å²) in [5.41, 5.74) is 0.782. The van der Waals surface area contributed by atoms with Gasteiger partial charge in [0.15, 0.2) is 5.58 Å². The van der Waals surface area contributed by atoms with Gasteiger partial charge < -0.3 is 4.42 Å². The largest absolute Gasteiger partial charge is 0.463 e. The molecule has 0 aliphatic rings. The number of hydrogen-bond acceptors (Lipinski definition) is 3. The molecule has 0 aliphatic heterocycles. The van der Waals surface area contributed by atoms with Crippen LogP contribution in [0.3, 0.4) is 0 Å². The van der Waals surface area contributed by atoms with Crippen molar-refractivity contribution in [1.29, 1.82) is 0 Å². The summed E-state index contributed by atoms with van der Waals surface area (Å²) in [6, 6.07) is 1.85. The zero-order valence-electron chi connectivity index (χ0n) is 4.61. The van der Waals surface area contributed by atoms with E-state index in [1.165, 1.54) is 0 Å². The van der Waals surface area contributed by atoms with E-state index in [9.17, 15) is 0 Å². The molecule has 2 aromatic heterocycles. The monoisotopic (exact) mass is 120 g/mol. The molecule has 0 unspecified atom stereocenters. The average molecular weight is 120 g/mol. The number of fused-ring (bicyclic) bond motifs is 1. The molecular weight excluding hydrogens is 116 g/mol. The maximum absolute atomic E-state index is 5.02. The fraction of sp³-hybridized carbons (Fsp3) is 0. The van der Waals surface area contributed by atoms with Crippen LogP contribution < -0.4 is 0 Å². The molecule has 2 rings (SSSR count). The summed E-state index contributed by atoms with van der Waals surface area (Å²) in [6.45, 7) is 0. The highest BCUT2D eigenvalue weighted by molar-refractivity contribution is 5.74. The number of rotatable bonds is 0. The molecule has 0 spiro atoms. The number of hydrogen-bond donors (Lipinski definition) is 0. The predicted octanol–water partition coefficient (Wildman–Crippen LogP) is 1.22. The Morgan fingerprint density at radius 1 is 1.22 bits per heavy atom. The van der Waals surface area contributed by atoms with Gasteiger partial charge >= 0.3 is 0 Å². The molecule has 0 atom stereocenters. The Bertz CT molecular complexity index is 285. The quantitative estimate of drug-likeness (QED) is 0.524. The molecule has 2 heterocycles. The molecule has 0 radical (unpaired) electrons. The maximum Gasteiger partial charge on any atom is 0.155 e.